The van der Waals surface area contributed by atoms with Gasteiger partial charge in [0, 0.05) is 12.1 Å². The maximum absolute atomic E-state index is 14.1. The van der Waals surface area contributed by atoms with E-state index in [0.29, 0.717) is 18.7 Å². The first-order valence-electron chi connectivity index (χ1n) is 8.84. The summed E-state index contributed by atoms with van der Waals surface area (Å²) >= 11 is 0. The van der Waals surface area contributed by atoms with Gasteiger partial charge in [0.1, 0.15) is 5.82 Å². The minimum absolute atomic E-state index is 0.160. The number of benzene rings is 2. The zero-order chi connectivity index (χ0) is 20.1. The average molecular weight is 382 g/mol. The van der Waals surface area contributed by atoms with Crippen LogP contribution in [0, 0.1) is 5.82 Å². The van der Waals surface area contributed by atoms with Gasteiger partial charge in [0.15, 0.2) is 0 Å². The van der Waals surface area contributed by atoms with Gasteiger partial charge in [-0.15, -0.1) is 0 Å². The molecule has 0 spiro atoms. The van der Waals surface area contributed by atoms with Gasteiger partial charge < -0.3 is 5.32 Å². The minimum atomic E-state index is -0.867. The fourth-order valence-electron chi connectivity index (χ4n) is 2.65. The van der Waals surface area contributed by atoms with E-state index in [9.17, 15) is 18.8 Å². The summed E-state index contributed by atoms with van der Waals surface area (Å²) in [7, 11) is 0. The molecule has 28 heavy (non-hydrogen) atoms. The van der Waals surface area contributed by atoms with Crippen LogP contribution in [0.5, 0.6) is 0 Å². The van der Waals surface area contributed by atoms with Crippen molar-refractivity contribution in [3.05, 3.63) is 92.5 Å². The fraction of sp³-hybridized carbons (Fsp3) is 0.200. The summed E-state index contributed by atoms with van der Waals surface area (Å²) < 4.78 is 15.9. The van der Waals surface area contributed by atoms with Gasteiger partial charge in [-0.3, -0.25) is 14.2 Å². The molecule has 7 nitrogen and oxygen atoms in total. The van der Waals surface area contributed by atoms with Crippen LogP contribution in [0.25, 0.3) is 5.69 Å². The van der Waals surface area contributed by atoms with Gasteiger partial charge in [-0.05, 0) is 24.6 Å². The first-order chi connectivity index (χ1) is 13.5. The summed E-state index contributed by atoms with van der Waals surface area (Å²) in [5, 5.41) is 6.57. The third-order valence-electron chi connectivity index (χ3n) is 4.10. The average Bonchev–Trinajstić information content (AvgIpc) is 2.71. The molecule has 1 aromatic heterocycles. The van der Waals surface area contributed by atoms with Crippen LogP contribution in [0.15, 0.2) is 64.2 Å². The Balaban J connectivity index is 2.19. The number of halogens is 1. The standard InChI is InChI=1S/C20H19FN4O3/c1-2-12-22-18(26)17-19(27)24(13-14-8-6-7-11-16(14)21)20(28)25(23-17)15-9-4-3-5-10-15/h3-11H,2,12-13H2,1H3,(H,22,26). The maximum Gasteiger partial charge on any atom is 0.352 e. The number of para-hydroxylation sites is 1. The van der Waals surface area contributed by atoms with E-state index in [1.165, 1.54) is 18.2 Å². The second kappa shape index (κ2) is 8.43. The molecule has 0 unspecified atom stereocenters. The monoisotopic (exact) mass is 382 g/mol. The Kier molecular flexibility index (Phi) is 5.78. The third-order valence-corrected chi connectivity index (χ3v) is 4.10. The van der Waals surface area contributed by atoms with Gasteiger partial charge in [0.2, 0.25) is 5.69 Å². The highest BCUT2D eigenvalue weighted by atomic mass is 19.1. The van der Waals surface area contributed by atoms with Crippen molar-refractivity contribution in [3.8, 4) is 5.69 Å². The number of amides is 1. The molecule has 0 radical (unpaired) electrons. The molecule has 1 heterocycles. The van der Waals surface area contributed by atoms with Crippen LogP contribution in [-0.4, -0.2) is 26.8 Å². The van der Waals surface area contributed by atoms with Crippen molar-refractivity contribution in [2.75, 3.05) is 6.54 Å². The predicted molar refractivity (Wildman–Crippen MR) is 102 cm³/mol. The second-order valence-electron chi connectivity index (χ2n) is 6.12. The van der Waals surface area contributed by atoms with Crippen molar-refractivity contribution in [2.45, 2.75) is 19.9 Å². The summed E-state index contributed by atoms with van der Waals surface area (Å²) in [5.41, 5.74) is -1.50. The van der Waals surface area contributed by atoms with Crippen LogP contribution in [0.2, 0.25) is 0 Å². The van der Waals surface area contributed by atoms with Gasteiger partial charge in [0.05, 0.1) is 12.2 Å². The van der Waals surface area contributed by atoms with E-state index in [1.807, 2.05) is 6.92 Å². The molecule has 1 amide bonds. The quantitative estimate of drug-likeness (QED) is 0.703. The van der Waals surface area contributed by atoms with Crippen molar-refractivity contribution in [1.82, 2.24) is 19.7 Å². The molecule has 2 aromatic carbocycles. The Morgan fingerprint density at radius 3 is 2.43 bits per heavy atom. The zero-order valence-corrected chi connectivity index (χ0v) is 15.3. The molecule has 144 valence electrons. The van der Waals surface area contributed by atoms with E-state index < -0.39 is 28.7 Å². The lowest BCUT2D eigenvalue weighted by molar-refractivity contribution is 0.0944. The largest absolute Gasteiger partial charge is 0.352 e. The Morgan fingerprint density at radius 1 is 1.07 bits per heavy atom. The van der Waals surface area contributed by atoms with Crippen molar-refractivity contribution >= 4 is 5.91 Å². The number of hydrogen-bond acceptors (Lipinski definition) is 4. The summed E-state index contributed by atoms with van der Waals surface area (Å²) in [6, 6.07) is 14.3. The molecule has 0 saturated carbocycles. The Bertz CT molecular complexity index is 1110. The van der Waals surface area contributed by atoms with E-state index in [0.717, 1.165) is 9.25 Å². The molecule has 3 aromatic rings. The predicted octanol–water partition coefficient (Wildman–Crippen LogP) is 1.72. The van der Waals surface area contributed by atoms with Gasteiger partial charge in [-0.1, -0.05) is 43.3 Å². The number of carbonyl (C=O) groups is 1. The molecule has 0 aliphatic carbocycles. The topological polar surface area (TPSA) is 86.0 Å². The van der Waals surface area contributed by atoms with Crippen molar-refractivity contribution in [3.63, 3.8) is 0 Å². The molecule has 0 aliphatic heterocycles. The number of carbonyl (C=O) groups excluding carboxylic acids is 1. The van der Waals surface area contributed by atoms with E-state index in [1.54, 1.807) is 36.4 Å². The normalized spacial score (nSPS) is 10.6. The van der Waals surface area contributed by atoms with E-state index in [-0.39, 0.29) is 12.1 Å². The fourth-order valence-corrected chi connectivity index (χ4v) is 2.65. The van der Waals surface area contributed by atoms with Gasteiger partial charge >= 0.3 is 5.69 Å². The lowest BCUT2D eigenvalue weighted by Crippen LogP contribution is -2.46. The molecule has 0 aliphatic rings. The Labute approximate surface area is 160 Å². The van der Waals surface area contributed by atoms with Crippen LogP contribution in [0.1, 0.15) is 29.4 Å². The van der Waals surface area contributed by atoms with Crippen LogP contribution >= 0.6 is 0 Å². The third kappa shape index (κ3) is 3.90. The highest BCUT2D eigenvalue weighted by Gasteiger charge is 2.20. The highest BCUT2D eigenvalue weighted by molar-refractivity contribution is 5.91. The minimum Gasteiger partial charge on any atom is -0.350 e. The summed E-state index contributed by atoms with van der Waals surface area (Å²) in [5.74, 6) is -1.23. The molecule has 0 bridgehead atoms. The number of aromatic nitrogens is 3. The first kappa shape index (κ1) is 19.2. The Morgan fingerprint density at radius 2 is 1.75 bits per heavy atom. The second-order valence-corrected chi connectivity index (χ2v) is 6.12. The molecule has 3 rings (SSSR count). The maximum atomic E-state index is 14.1. The summed E-state index contributed by atoms with van der Waals surface area (Å²) in [6.45, 7) is 1.92. The highest BCUT2D eigenvalue weighted by Crippen LogP contribution is 2.07. The molecule has 0 fully saturated rings. The lowest BCUT2D eigenvalue weighted by Gasteiger charge is -2.12. The molecule has 1 N–H and O–H groups in total. The number of hydrogen-bond donors (Lipinski definition) is 1. The van der Waals surface area contributed by atoms with Crippen LogP contribution in [0.3, 0.4) is 0 Å². The van der Waals surface area contributed by atoms with Gasteiger partial charge in [-0.25, -0.2) is 9.18 Å². The van der Waals surface area contributed by atoms with Crippen molar-refractivity contribution < 1.29 is 9.18 Å². The molecule has 8 heteroatoms. The van der Waals surface area contributed by atoms with Crippen LogP contribution in [-0.2, 0) is 6.54 Å². The van der Waals surface area contributed by atoms with E-state index in [2.05, 4.69) is 10.4 Å². The van der Waals surface area contributed by atoms with E-state index in [4.69, 9.17) is 0 Å². The number of rotatable bonds is 6. The molecular weight excluding hydrogens is 363 g/mol. The summed E-state index contributed by atoms with van der Waals surface area (Å²) in [6.07, 6.45) is 0.674. The number of nitrogens with zero attached hydrogens (tertiary/aromatic N) is 3. The number of nitrogens with one attached hydrogen (secondary N) is 1. The van der Waals surface area contributed by atoms with Gasteiger partial charge in [-0.2, -0.15) is 9.78 Å². The van der Waals surface area contributed by atoms with E-state index >= 15 is 0 Å². The molecule has 0 atom stereocenters. The van der Waals surface area contributed by atoms with Crippen LogP contribution < -0.4 is 16.6 Å². The van der Waals surface area contributed by atoms with Crippen molar-refractivity contribution in [1.29, 1.82) is 0 Å². The van der Waals surface area contributed by atoms with Crippen molar-refractivity contribution in [2.24, 2.45) is 0 Å². The molecular formula is C20H19FN4O3. The molecule has 0 saturated heterocycles. The zero-order valence-electron chi connectivity index (χ0n) is 15.3. The smallest absolute Gasteiger partial charge is 0.350 e. The lowest BCUT2D eigenvalue weighted by atomic mass is 10.2. The van der Waals surface area contributed by atoms with Crippen LogP contribution in [0.4, 0.5) is 4.39 Å². The Hall–Kier alpha value is -3.55. The summed E-state index contributed by atoms with van der Waals surface area (Å²) in [4.78, 5) is 38.1. The first-order valence-corrected chi connectivity index (χ1v) is 8.84. The van der Waals surface area contributed by atoms with Gasteiger partial charge in [0.25, 0.3) is 11.5 Å². The SMILES string of the molecule is CCCNC(=O)c1nn(-c2ccccc2)c(=O)n(Cc2ccccc2F)c1=O.